The zero-order valence-electron chi connectivity index (χ0n) is 13.7. The summed E-state index contributed by atoms with van der Waals surface area (Å²) in [5, 5.41) is 4.93. The Labute approximate surface area is 145 Å². The number of hydrogen-bond donors (Lipinski definition) is 1. The molecule has 0 aromatic carbocycles. The molecule has 126 valence electrons. The summed E-state index contributed by atoms with van der Waals surface area (Å²) in [5.41, 5.74) is 1.57. The monoisotopic (exact) mass is 343 g/mol. The van der Waals surface area contributed by atoms with Gasteiger partial charge in [-0.15, -0.1) is 11.3 Å². The highest BCUT2D eigenvalue weighted by Gasteiger charge is 2.28. The van der Waals surface area contributed by atoms with Gasteiger partial charge in [0.2, 0.25) is 5.91 Å². The van der Waals surface area contributed by atoms with Crippen LogP contribution in [0.5, 0.6) is 0 Å². The number of nitrogens with zero attached hydrogens (tertiary/aromatic N) is 2. The van der Waals surface area contributed by atoms with Crippen molar-refractivity contribution in [1.29, 1.82) is 0 Å². The largest absolute Gasteiger partial charge is 0.339 e. The van der Waals surface area contributed by atoms with Crippen LogP contribution in [0.3, 0.4) is 0 Å². The van der Waals surface area contributed by atoms with Crippen LogP contribution in [0, 0.1) is 0 Å². The Balaban J connectivity index is 1.69. The summed E-state index contributed by atoms with van der Waals surface area (Å²) < 4.78 is 0. The zero-order valence-corrected chi connectivity index (χ0v) is 14.5. The number of aromatic nitrogens is 1. The van der Waals surface area contributed by atoms with Crippen LogP contribution < -0.4 is 5.32 Å². The summed E-state index contributed by atoms with van der Waals surface area (Å²) >= 11 is 1.75. The minimum absolute atomic E-state index is 0.00187. The maximum Gasteiger partial charge on any atom is 0.270 e. The van der Waals surface area contributed by atoms with E-state index in [1.165, 1.54) is 10.4 Å². The first-order chi connectivity index (χ1) is 11.7. The number of amides is 2. The van der Waals surface area contributed by atoms with Gasteiger partial charge in [-0.3, -0.25) is 14.6 Å². The lowest BCUT2D eigenvalue weighted by molar-refractivity contribution is -0.134. The molecule has 3 heterocycles. The van der Waals surface area contributed by atoms with Crippen LogP contribution in [0.4, 0.5) is 0 Å². The van der Waals surface area contributed by atoms with Crippen LogP contribution in [0.2, 0.25) is 0 Å². The molecule has 1 atom stereocenters. The second kappa shape index (κ2) is 7.57. The fraction of sp³-hybridized carbons (Fsp3) is 0.389. The van der Waals surface area contributed by atoms with Gasteiger partial charge in [-0.05, 0) is 42.0 Å². The van der Waals surface area contributed by atoms with E-state index in [2.05, 4.69) is 21.7 Å². The van der Waals surface area contributed by atoms with E-state index < -0.39 is 6.04 Å². The predicted molar refractivity (Wildman–Crippen MR) is 93.8 cm³/mol. The highest BCUT2D eigenvalue weighted by Crippen LogP contribution is 2.24. The topological polar surface area (TPSA) is 62.3 Å². The molecule has 0 saturated carbocycles. The first-order valence-corrected chi connectivity index (χ1v) is 9.13. The van der Waals surface area contributed by atoms with E-state index >= 15 is 0 Å². The Kier molecular flexibility index (Phi) is 5.25. The van der Waals surface area contributed by atoms with Gasteiger partial charge in [-0.1, -0.05) is 19.4 Å². The number of fused-ring (bicyclic) bond motifs is 1. The van der Waals surface area contributed by atoms with Crippen LogP contribution in [-0.2, 0) is 17.8 Å². The van der Waals surface area contributed by atoms with E-state index in [1.807, 2.05) is 11.8 Å². The van der Waals surface area contributed by atoms with Crippen molar-refractivity contribution in [2.45, 2.75) is 38.8 Å². The quantitative estimate of drug-likeness (QED) is 0.908. The van der Waals surface area contributed by atoms with Crippen molar-refractivity contribution in [1.82, 2.24) is 15.2 Å². The van der Waals surface area contributed by atoms with Crippen molar-refractivity contribution in [3.63, 3.8) is 0 Å². The SMILES string of the molecule is CCC[C@H](NC(=O)c1ccccn1)C(=O)N1CCc2sccc2C1. The lowest BCUT2D eigenvalue weighted by Gasteiger charge is -2.30. The van der Waals surface area contributed by atoms with E-state index in [9.17, 15) is 9.59 Å². The Morgan fingerprint density at radius 2 is 2.25 bits per heavy atom. The molecular weight excluding hydrogens is 322 g/mol. The summed E-state index contributed by atoms with van der Waals surface area (Å²) in [6.45, 7) is 3.36. The third kappa shape index (κ3) is 3.64. The minimum atomic E-state index is -0.496. The van der Waals surface area contributed by atoms with Crippen LogP contribution in [0.15, 0.2) is 35.8 Å². The average Bonchev–Trinajstić information content (AvgIpc) is 3.09. The van der Waals surface area contributed by atoms with Crippen molar-refractivity contribution in [2.24, 2.45) is 0 Å². The van der Waals surface area contributed by atoms with Crippen molar-refractivity contribution >= 4 is 23.2 Å². The molecule has 3 rings (SSSR count). The van der Waals surface area contributed by atoms with Gasteiger partial charge in [0.25, 0.3) is 5.91 Å². The molecule has 6 heteroatoms. The van der Waals surface area contributed by atoms with Crippen molar-refractivity contribution in [2.75, 3.05) is 6.54 Å². The molecule has 2 amide bonds. The number of pyridine rings is 1. The number of rotatable bonds is 5. The molecule has 1 aliphatic rings. The third-order valence-electron chi connectivity index (χ3n) is 4.20. The van der Waals surface area contributed by atoms with Crippen molar-refractivity contribution < 1.29 is 9.59 Å². The fourth-order valence-electron chi connectivity index (χ4n) is 2.93. The predicted octanol–water partition coefficient (Wildman–Crippen LogP) is 2.63. The Morgan fingerprint density at radius 1 is 1.38 bits per heavy atom. The van der Waals surface area contributed by atoms with Crippen LogP contribution >= 0.6 is 11.3 Å². The molecule has 2 aromatic rings. The van der Waals surface area contributed by atoms with E-state index in [0.717, 1.165) is 12.8 Å². The standard InChI is InChI=1S/C18H21N3O2S/c1-2-5-15(20-17(22)14-6-3-4-9-19-14)18(23)21-10-7-16-13(12-21)8-11-24-16/h3-4,6,8-9,11,15H,2,5,7,10,12H2,1H3,(H,20,22)/t15-/m0/s1. The molecule has 1 N–H and O–H groups in total. The van der Waals surface area contributed by atoms with Gasteiger partial charge in [0, 0.05) is 24.2 Å². The molecular formula is C18H21N3O2S. The molecule has 0 fully saturated rings. The first kappa shape index (κ1) is 16.6. The Morgan fingerprint density at radius 3 is 3.00 bits per heavy atom. The Hall–Kier alpha value is -2.21. The zero-order chi connectivity index (χ0) is 16.9. The van der Waals surface area contributed by atoms with Crippen LogP contribution in [0.1, 0.15) is 40.7 Å². The van der Waals surface area contributed by atoms with Crippen molar-refractivity contribution in [3.8, 4) is 0 Å². The number of nitrogens with one attached hydrogen (secondary N) is 1. The fourth-order valence-corrected chi connectivity index (χ4v) is 3.82. The molecule has 5 nitrogen and oxygen atoms in total. The molecule has 1 aliphatic heterocycles. The number of carbonyl (C=O) groups is 2. The minimum Gasteiger partial charge on any atom is -0.339 e. The van der Waals surface area contributed by atoms with Gasteiger partial charge in [-0.2, -0.15) is 0 Å². The van der Waals surface area contributed by atoms with E-state index in [-0.39, 0.29) is 11.8 Å². The highest BCUT2D eigenvalue weighted by molar-refractivity contribution is 7.10. The lowest BCUT2D eigenvalue weighted by Crippen LogP contribution is -2.49. The number of carbonyl (C=O) groups excluding carboxylic acids is 2. The maximum absolute atomic E-state index is 12.9. The summed E-state index contributed by atoms with van der Waals surface area (Å²) in [4.78, 5) is 32.5. The molecule has 0 unspecified atom stereocenters. The summed E-state index contributed by atoms with van der Waals surface area (Å²) in [7, 11) is 0. The number of thiophene rings is 1. The molecule has 2 aromatic heterocycles. The van der Waals surface area contributed by atoms with Gasteiger partial charge < -0.3 is 10.2 Å². The van der Waals surface area contributed by atoms with Gasteiger partial charge in [-0.25, -0.2) is 0 Å². The Bertz CT molecular complexity index is 714. The average molecular weight is 343 g/mol. The van der Waals surface area contributed by atoms with E-state index in [4.69, 9.17) is 0 Å². The molecule has 24 heavy (non-hydrogen) atoms. The van der Waals surface area contributed by atoms with Crippen LogP contribution in [0.25, 0.3) is 0 Å². The molecule has 0 saturated heterocycles. The summed E-state index contributed by atoms with van der Waals surface area (Å²) in [6.07, 6.45) is 3.93. The van der Waals surface area contributed by atoms with Crippen molar-refractivity contribution in [3.05, 3.63) is 52.0 Å². The molecule has 0 radical (unpaired) electrons. The third-order valence-corrected chi connectivity index (χ3v) is 5.22. The van der Waals surface area contributed by atoms with E-state index in [0.29, 0.717) is 25.2 Å². The van der Waals surface area contributed by atoms with Gasteiger partial charge in [0.15, 0.2) is 0 Å². The van der Waals surface area contributed by atoms with Gasteiger partial charge in [0.1, 0.15) is 11.7 Å². The second-order valence-corrected chi connectivity index (χ2v) is 6.91. The van der Waals surface area contributed by atoms with Crippen LogP contribution in [-0.4, -0.2) is 34.3 Å². The second-order valence-electron chi connectivity index (χ2n) is 5.91. The normalized spacial score (nSPS) is 14.8. The molecule has 0 aliphatic carbocycles. The number of hydrogen-bond acceptors (Lipinski definition) is 4. The maximum atomic E-state index is 12.9. The van der Waals surface area contributed by atoms with Gasteiger partial charge in [0.05, 0.1) is 0 Å². The van der Waals surface area contributed by atoms with Gasteiger partial charge >= 0.3 is 0 Å². The lowest BCUT2D eigenvalue weighted by atomic mass is 10.1. The smallest absolute Gasteiger partial charge is 0.270 e. The summed E-state index contributed by atoms with van der Waals surface area (Å²) in [6, 6.07) is 6.77. The highest BCUT2D eigenvalue weighted by atomic mass is 32.1. The molecule has 0 spiro atoms. The summed E-state index contributed by atoms with van der Waals surface area (Å²) in [5.74, 6) is -0.298. The van der Waals surface area contributed by atoms with E-state index in [1.54, 1.807) is 35.7 Å². The first-order valence-electron chi connectivity index (χ1n) is 8.25. The molecule has 0 bridgehead atoms.